The number of anilines is 2. The molecule has 1 heterocycles. The number of nitrogen functional groups attached to an aromatic ring is 1. The van der Waals surface area contributed by atoms with Crippen LogP contribution in [0.25, 0.3) is 0 Å². The molecule has 2 rings (SSSR count). The van der Waals surface area contributed by atoms with Crippen molar-refractivity contribution in [3.8, 4) is 0 Å². The molecular weight excluding hydrogens is 350 g/mol. The van der Waals surface area contributed by atoms with Gasteiger partial charge >= 0.3 is 0 Å². The Bertz CT molecular complexity index is 834. The van der Waals surface area contributed by atoms with Gasteiger partial charge in [0.1, 0.15) is 17.2 Å². The number of halogens is 1. The lowest BCUT2D eigenvalue weighted by Gasteiger charge is -2.21. The first-order valence-corrected chi connectivity index (χ1v) is 9.08. The molecule has 0 saturated heterocycles. The predicted molar refractivity (Wildman–Crippen MR) is 95.3 cm³/mol. The van der Waals surface area contributed by atoms with Gasteiger partial charge in [-0.3, -0.25) is 0 Å². The van der Waals surface area contributed by atoms with Crippen LogP contribution in [0, 0.1) is 0 Å². The zero-order chi connectivity index (χ0) is 18.0. The second-order valence-electron chi connectivity index (χ2n) is 6.24. The summed E-state index contributed by atoms with van der Waals surface area (Å²) < 4.78 is 27.8. The Hall–Kier alpha value is -1.90. The molecule has 0 aliphatic rings. The molecular formula is C15H20ClN5O2S. The summed E-state index contributed by atoms with van der Waals surface area (Å²) in [7, 11) is -3.65. The van der Waals surface area contributed by atoms with Gasteiger partial charge in [0.25, 0.3) is 0 Å². The Labute approximate surface area is 146 Å². The monoisotopic (exact) mass is 369 g/mol. The van der Waals surface area contributed by atoms with Gasteiger partial charge in [-0.2, -0.15) is 0 Å². The molecule has 0 amide bonds. The van der Waals surface area contributed by atoms with Gasteiger partial charge in [0.15, 0.2) is 5.82 Å². The van der Waals surface area contributed by atoms with E-state index in [0.717, 1.165) is 0 Å². The highest BCUT2D eigenvalue weighted by Crippen LogP contribution is 2.25. The summed E-state index contributed by atoms with van der Waals surface area (Å²) in [4.78, 5) is 7.99. The summed E-state index contributed by atoms with van der Waals surface area (Å²) in [5.74, 6) is 0.504. The Kier molecular flexibility index (Phi) is 5.32. The average molecular weight is 370 g/mol. The Morgan fingerprint density at radius 2 is 1.88 bits per heavy atom. The molecule has 0 radical (unpaired) electrons. The highest BCUT2D eigenvalue weighted by Gasteiger charge is 2.24. The number of hydrogen-bond donors (Lipinski definition) is 3. The van der Waals surface area contributed by atoms with E-state index >= 15 is 0 Å². The normalized spacial score (nSPS) is 12.2. The fourth-order valence-corrected chi connectivity index (χ4v) is 3.88. The second kappa shape index (κ2) is 6.92. The first-order valence-electron chi connectivity index (χ1n) is 7.22. The lowest BCUT2D eigenvalue weighted by atomic mass is 10.1. The quantitative estimate of drug-likeness (QED) is 0.746. The lowest BCUT2D eigenvalue weighted by Crippen LogP contribution is -2.40. The maximum atomic E-state index is 12.6. The number of nitrogens with two attached hydrogens (primary N) is 1. The van der Waals surface area contributed by atoms with Crippen molar-refractivity contribution >= 4 is 33.3 Å². The van der Waals surface area contributed by atoms with E-state index in [2.05, 4.69) is 20.0 Å². The van der Waals surface area contributed by atoms with Crippen molar-refractivity contribution in [2.75, 3.05) is 11.1 Å². The van der Waals surface area contributed by atoms with Gasteiger partial charge in [-0.05, 0) is 32.4 Å². The largest absolute Gasteiger partial charge is 0.382 e. The first kappa shape index (κ1) is 18.4. The van der Waals surface area contributed by atoms with Crippen molar-refractivity contribution in [2.24, 2.45) is 0 Å². The maximum Gasteiger partial charge on any atom is 0.241 e. The van der Waals surface area contributed by atoms with E-state index in [4.69, 9.17) is 17.3 Å². The number of benzene rings is 1. The molecule has 1 aromatic carbocycles. The minimum absolute atomic E-state index is 0.157. The molecule has 0 spiro atoms. The average Bonchev–Trinajstić information content (AvgIpc) is 2.47. The molecule has 0 aliphatic carbocycles. The molecule has 0 bridgehead atoms. The van der Waals surface area contributed by atoms with Gasteiger partial charge in [-0.1, -0.05) is 29.8 Å². The molecule has 1 aromatic heterocycles. The van der Waals surface area contributed by atoms with Gasteiger partial charge in [0.2, 0.25) is 10.0 Å². The van der Waals surface area contributed by atoms with Crippen LogP contribution in [0.5, 0.6) is 0 Å². The summed E-state index contributed by atoms with van der Waals surface area (Å²) in [6.45, 7) is 5.58. The Morgan fingerprint density at radius 3 is 2.54 bits per heavy atom. The van der Waals surface area contributed by atoms with Crippen molar-refractivity contribution in [3.05, 3.63) is 41.2 Å². The van der Waals surface area contributed by atoms with Crippen LogP contribution in [0.15, 0.2) is 35.5 Å². The van der Waals surface area contributed by atoms with Crippen LogP contribution in [0.4, 0.5) is 11.6 Å². The molecule has 0 aliphatic heterocycles. The van der Waals surface area contributed by atoms with Crippen LogP contribution in [-0.2, 0) is 16.6 Å². The van der Waals surface area contributed by atoms with Gasteiger partial charge in [-0.15, -0.1) is 0 Å². The molecule has 0 saturated carbocycles. The van der Waals surface area contributed by atoms with E-state index in [1.54, 1.807) is 45.0 Å². The molecule has 2 aromatic rings. The third kappa shape index (κ3) is 4.56. The smallest absolute Gasteiger partial charge is 0.241 e. The van der Waals surface area contributed by atoms with Crippen molar-refractivity contribution in [3.63, 3.8) is 0 Å². The summed E-state index contributed by atoms with van der Waals surface area (Å²) in [6.07, 6.45) is 1.29. The number of nitrogens with one attached hydrogen (secondary N) is 2. The van der Waals surface area contributed by atoms with Crippen LogP contribution in [0.3, 0.4) is 0 Å². The third-order valence-electron chi connectivity index (χ3n) is 2.97. The lowest BCUT2D eigenvalue weighted by molar-refractivity contribution is 0.491. The molecule has 0 atom stereocenters. The van der Waals surface area contributed by atoms with Crippen LogP contribution in [-0.4, -0.2) is 23.9 Å². The van der Waals surface area contributed by atoms with Gasteiger partial charge < -0.3 is 11.1 Å². The predicted octanol–water partition coefficient (Wildman–Crippen LogP) is 2.40. The maximum absolute atomic E-state index is 12.6. The van der Waals surface area contributed by atoms with E-state index in [1.165, 1.54) is 6.33 Å². The first-order chi connectivity index (χ1) is 11.1. The Balaban J connectivity index is 2.28. The molecule has 130 valence electrons. The minimum Gasteiger partial charge on any atom is -0.382 e. The standard InChI is InChI=1S/C15H20ClN5O2S/c1-15(2,3)21-24(22,23)11-7-5-4-6-10(11)8-18-14-12(16)13(17)19-9-20-14/h4-7,9,21H,8H2,1-3H3,(H3,17,18,19,20). The summed E-state index contributed by atoms with van der Waals surface area (Å²) in [5.41, 5.74) is 5.64. The van der Waals surface area contributed by atoms with E-state index in [0.29, 0.717) is 11.4 Å². The van der Waals surface area contributed by atoms with Gasteiger partial charge in [0.05, 0.1) is 4.90 Å². The number of nitrogens with zero attached hydrogens (tertiary/aromatic N) is 2. The zero-order valence-corrected chi connectivity index (χ0v) is 15.2. The van der Waals surface area contributed by atoms with Crippen LogP contribution in [0.2, 0.25) is 5.02 Å². The number of sulfonamides is 1. The fourth-order valence-electron chi connectivity index (χ4n) is 2.06. The van der Waals surface area contributed by atoms with Crippen LogP contribution in [0.1, 0.15) is 26.3 Å². The highest BCUT2D eigenvalue weighted by atomic mass is 35.5. The molecule has 0 fully saturated rings. The summed E-state index contributed by atoms with van der Waals surface area (Å²) in [5, 5.41) is 3.19. The Morgan fingerprint density at radius 1 is 1.21 bits per heavy atom. The molecule has 0 unspecified atom stereocenters. The highest BCUT2D eigenvalue weighted by molar-refractivity contribution is 7.89. The number of rotatable bonds is 5. The minimum atomic E-state index is -3.65. The van der Waals surface area contributed by atoms with Gasteiger partial charge in [-0.25, -0.2) is 23.1 Å². The summed E-state index contributed by atoms with van der Waals surface area (Å²) in [6, 6.07) is 6.73. The van der Waals surface area contributed by atoms with Crippen molar-refractivity contribution < 1.29 is 8.42 Å². The van der Waals surface area contributed by atoms with Crippen molar-refractivity contribution in [2.45, 2.75) is 37.8 Å². The topological polar surface area (TPSA) is 110 Å². The zero-order valence-electron chi connectivity index (χ0n) is 13.7. The molecule has 4 N–H and O–H groups in total. The van der Waals surface area contributed by atoms with Crippen LogP contribution < -0.4 is 15.8 Å². The third-order valence-corrected chi connectivity index (χ3v) is 5.20. The van der Waals surface area contributed by atoms with E-state index < -0.39 is 15.6 Å². The number of hydrogen-bond acceptors (Lipinski definition) is 6. The van der Waals surface area contributed by atoms with E-state index in [-0.39, 0.29) is 22.3 Å². The summed E-state index contributed by atoms with van der Waals surface area (Å²) >= 11 is 6.03. The second-order valence-corrected chi connectivity index (χ2v) is 8.27. The van der Waals surface area contributed by atoms with E-state index in [1.807, 2.05) is 0 Å². The van der Waals surface area contributed by atoms with E-state index in [9.17, 15) is 8.42 Å². The molecule has 24 heavy (non-hydrogen) atoms. The SMILES string of the molecule is CC(C)(C)NS(=O)(=O)c1ccccc1CNc1ncnc(N)c1Cl. The van der Waals surface area contributed by atoms with Crippen LogP contribution >= 0.6 is 11.6 Å². The fraction of sp³-hybridized carbons (Fsp3) is 0.333. The number of aromatic nitrogens is 2. The van der Waals surface area contributed by atoms with Crippen molar-refractivity contribution in [1.29, 1.82) is 0 Å². The van der Waals surface area contributed by atoms with Gasteiger partial charge in [0, 0.05) is 12.1 Å². The molecule has 7 nitrogen and oxygen atoms in total. The van der Waals surface area contributed by atoms with Crippen molar-refractivity contribution in [1.82, 2.24) is 14.7 Å². The molecule has 9 heteroatoms.